The molecule has 0 N–H and O–H groups in total. The van der Waals surface area contributed by atoms with E-state index in [-0.39, 0.29) is 11.4 Å². The SMILES string of the molecule is [2H]C(=O)/C(=N/N=C(/C([2H])=O)c1ccc(Cl)cc1)c1ccc(Cl)cc1. The molecule has 0 saturated carbocycles. The number of nitrogens with zero attached hydrogens (tertiary/aromatic N) is 2. The highest BCUT2D eigenvalue weighted by Gasteiger charge is 2.05. The second-order valence-corrected chi connectivity index (χ2v) is 4.99. The van der Waals surface area contributed by atoms with Gasteiger partial charge in [-0.3, -0.25) is 9.59 Å². The van der Waals surface area contributed by atoms with E-state index in [1.165, 1.54) is 48.5 Å². The normalized spacial score (nSPS) is 13.4. The number of aldehydes is 2. The minimum Gasteiger partial charge on any atom is -0.296 e. The van der Waals surface area contributed by atoms with Gasteiger partial charge >= 0.3 is 0 Å². The smallest absolute Gasteiger partial charge is 0.170 e. The number of hydrogen-bond donors (Lipinski definition) is 0. The predicted octanol–water partition coefficient (Wildman–Crippen LogP) is 3.58. The van der Waals surface area contributed by atoms with Crippen molar-refractivity contribution in [2.75, 3.05) is 0 Å². The first-order chi connectivity index (χ1) is 11.4. The van der Waals surface area contributed by atoms with E-state index >= 15 is 0 Å². The first kappa shape index (κ1) is 13.4. The molecular weight excluding hydrogens is 323 g/mol. The van der Waals surface area contributed by atoms with Crippen molar-refractivity contribution in [2.45, 2.75) is 0 Å². The largest absolute Gasteiger partial charge is 0.296 e. The van der Waals surface area contributed by atoms with Crippen LogP contribution in [-0.4, -0.2) is 23.9 Å². The standard InChI is InChI=1S/C16H10Cl2N2O2/c17-13-5-1-11(2-6-13)15(9-21)19-20-16(10-22)12-3-7-14(18)8-4-12/h1-10H/b19-15-,20-16-/i9D,10D. The molecule has 22 heavy (non-hydrogen) atoms. The third-order valence-corrected chi connectivity index (χ3v) is 3.18. The zero-order chi connectivity index (χ0) is 17.7. The molecule has 0 aliphatic rings. The highest BCUT2D eigenvalue weighted by Crippen LogP contribution is 2.12. The predicted molar refractivity (Wildman–Crippen MR) is 88.1 cm³/mol. The van der Waals surface area contributed by atoms with Gasteiger partial charge < -0.3 is 0 Å². The maximum absolute atomic E-state index is 11.5. The fourth-order valence-corrected chi connectivity index (χ4v) is 1.84. The quantitative estimate of drug-likeness (QED) is 0.476. The average molecular weight is 335 g/mol. The van der Waals surface area contributed by atoms with Gasteiger partial charge in [0.15, 0.2) is 12.5 Å². The van der Waals surface area contributed by atoms with E-state index in [0.717, 1.165) is 0 Å². The molecule has 0 fully saturated rings. The van der Waals surface area contributed by atoms with Crippen molar-refractivity contribution >= 4 is 47.1 Å². The average Bonchev–Trinajstić information content (AvgIpc) is 2.53. The van der Waals surface area contributed by atoms with Gasteiger partial charge in [-0.05, 0) is 24.3 Å². The molecule has 0 unspecified atom stereocenters. The molecule has 0 radical (unpaired) electrons. The van der Waals surface area contributed by atoms with Gasteiger partial charge in [0.25, 0.3) is 0 Å². The fraction of sp³-hybridized carbons (Fsp3) is 0. The summed E-state index contributed by atoms with van der Waals surface area (Å²) >= 11 is 11.6. The summed E-state index contributed by atoms with van der Waals surface area (Å²) in [4.78, 5) is 23.0. The highest BCUT2D eigenvalue weighted by atomic mass is 35.5. The summed E-state index contributed by atoms with van der Waals surface area (Å²) in [5.74, 6) is 0. The van der Waals surface area contributed by atoms with Crippen LogP contribution in [0.3, 0.4) is 0 Å². The summed E-state index contributed by atoms with van der Waals surface area (Å²) < 4.78 is 14.6. The van der Waals surface area contributed by atoms with E-state index in [2.05, 4.69) is 10.2 Å². The van der Waals surface area contributed by atoms with Crippen LogP contribution in [-0.2, 0) is 9.59 Å². The van der Waals surface area contributed by atoms with Crippen molar-refractivity contribution in [3.63, 3.8) is 0 Å². The molecule has 2 aromatic rings. The Hall–Kier alpha value is -2.30. The number of carbonyl (C=O) groups excluding carboxylic acids is 2. The molecular formula is C16H10Cl2N2O2. The third-order valence-electron chi connectivity index (χ3n) is 2.68. The van der Waals surface area contributed by atoms with Crippen LogP contribution in [0.4, 0.5) is 0 Å². The van der Waals surface area contributed by atoms with Gasteiger partial charge in [0.2, 0.25) is 0 Å². The molecule has 2 rings (SSSR count). The molecule has 0 bridgehead atoms. The Bertz CT molecular complexity index is 761. The summed E-state index contributed by atoms with van der Waals surface area (Å²) in [6.07, 6.45) is -2.15. The lowest BCUT2D eigenvalue weighted by molar-refractivity contribution is -0.103. The lowest BCUT2D eigenvalue weighted by Gasteiger charge is -1.99. The second kappa shape index (κ2) is 7.64. The molecule has 0 saturated heterocycles. The van der Waals surface area contributed by atoms with E-state index in [0.29, 0.717) is 21.2 Å². The molecule has 0 aliphatic carbocycles. The monoisotopic (exact) mass is 334 g/mol. The van der Waals surface area contributed by atoms with Crippen molar-refractivity contribution < 1.29 is 12.3 Å². The topological polar surface area (TPSA) is 58.9 Å². The van der Waals surface area contributed by atoms with Crippen molar-refractivity contribution in [2.24, 2.45) is 10.2 Å². The van der Waals surface area contributed by atoms with Gasteiger partial charge in [-0.1, -0.05) is 47.5 Å². The lowest BCUT2D eigenvalue weighted by Crippen LogP contribution is -2.05. The summed E-state index contributed by atoms with van der Waals surface area (Å²) in [6.45, 7) is 0. The maximum Gasteiger partial charge on any atom is 0.170 e. The Labute approximate surface area is 139 Å². The van der Waals surface area contributed by atoms with Gasteiger partial charge in [0.1, 0.15) is 14.2 Å². The van der Waals surface area contributed by atoms with Crippen LogP contribution in [0.1, 0.15) is 13.9 Å². The lowest BCUT2D eigenvalue weighted by atomic mass is 10.1. The Balaban J connectivity index is 2.47. The van der Waals surface area contributed by atoms with Crippen molar-refractivity contribution in [1.82, 2.24) is 0 Å². The summed E-state index contributed by atoms with van der Waals surface area (Å²) in [5, 5.41) is 8.31. The van der Waals surface area contributed by atoms with E-state index < -0.39 is 12.5 Å². The van der Waals surface area contributed by atoms with Gasteiger partial charge in [-0.15, -0.1) is 10.2 Å². The summed E-state index contributed by atoms with van der Waals surface area (Å²) in [7, 11) is 0. The minimum absolute atomic E-state index is 0.264. The minimum atomic E-state index is -1.08. The number of rotatable bonds is 5. The number of benzene rings is 2. The van der Waals surface area contributed by atoms with Crippen LogP contribution in [0.25, 0.3) is 0 Å². The molecule has 110 valence electrons. The second-order valence-electron chi connectivity index (χ2n) is 4.12. The molecule has 0 atom stereocenters. The van der Waals surface area contributed by atoms with E-state index in [4.69, 9.17) is 25.9 Å². The van der Waals surface area contributed by atoms with E-state index in [1.54, 1.807) is 0 Å². The first-order valence-corrected chi connectivity index (χ1v) is 6.83. The molecule has 0 aliphatic heterocycles. The van der Waals surface area contributed by atoms with Crippen LogP contribution in [0.5, 0.6) is 0 Å². The van der Waals surface area contributed by atoms with E-state index in [9.17, 15) is 9.59 Å². The number of hydrogen-bond acceptors (Lipinski definition) is 4. The van der Waals surface area contributed by atoms with Crippen LogP contribution >= 0.6 is 23.2 Å². The van der Waals surface area contributed by atoms with Gasteiger partial charge in [0.05, 0.1) is 0 Å². The summed E-state index contributed by atoms with van der Waals surface area (Å²) in [6, 6.07) is 12.2. The third kappa shape index (κ3) is 4.10. The Morgan fingerprint density at radius 3 is 1.36 bits per heavy atom. The molecule has 0 spiro atoms. The Morgan fingerprint density at radius 1 is 0.773 bits per heavy atom. The Morgan fingerprint density at radius 2 is 1.09 bits per heavy atom. The van der Waals surface area contributed by atoms with Crippen molar-refractivity contribution in [3.05, 3.63) is 69.7 Å². The molecule has 0 aromatic heterocycles. The van der Waals surface area contributed by atoms with Crippen LogP contribution in [0.2, 0.25) is 10.0 Å². The molecule has 6 heteroatoms. The fourth-order valence-electron chi connectivity index (χ4n) is 1.59. The first-order valence-electron chi connectivity index (χ1n) is 7.08. The van der Waals surface area contributed by atoms with Crippen LogP contribution in [0.15, 0.2) is 58.7 Å². The molecule has 0 heterocycles. The van der Waals surface area contributed by atoms with Gasteiger partial charge in [-0.2, -0.15) is 0 Å². The molecule has 0 amide bonds. The zero-order valence-electron chi connectivity index (χ0n) is 13.1. The van der Waals surface area contributed by atoms with Crippen LogP contribution in [0, 0.1) is 0 Å². The highest BCUT2D eigenvalue weighted by molar-refractivity contribution is 6.38. The molecule has 4 nitrogen and oxygen atoms in total. The van der Waals surface area contributed by atoms with E-state index in [1.807, 2.05) is 0 Å². The maximum atomic E-state index is 11.5. The van der Waals surface area contributed by atoms with Crippen molar-refractivity contribution in [3.8, 4) is 0 Å². The number of carbonyl (C=O) groups is 2. The summed E-state index contributed by atoms with van der Waals surface area (Å²) in [5.41, 5.74) is 0.130. The van der Waals surface area contributed by atoms with Gasteiger partial charge in [0, 0.05) is 21.2 Å². The Kier molecular flexibility index (Phi) is 4.64. The molecule has 2 aromatic carbocycles. The number of halogens is 2. The zero-order valence-corrected chi connectivity index (χ0v) is 12.6. The van der Waals surface area contributed by atoms with Crippen molar-refractivity contribution in [1.29, 1.82) is 0 Å². The van der Waals surface area contributed by atoms with Gasteiger partial charge in [-0.25, -0.2) is 0 Å². The van der Waals surface area contributed by atoms with Crippen LogP contribution < -0.4 is 0 Å².